The average molecular weight is 574 g/mol. The van der Waals surface area contributed by atoms with Gasteiger partial charge in [0.15, 0.2) is 0 Å². The molecule has 0 fully saturated rings. The Labute approximate surface area is 247 Å². The van der Waals surface area contributed by atoms with Crippen LogP contribution in [-0.4, -0.2) is 16.4 Å². The maximum absolute atomic E-state index is 14.0. The number of hydrogen-bond acceptors (Lipinski definition) is 3. The number of hydrogen-bond donors (Lipinski definition) is 2. The zero-order chi connectivity index (χ0) is 29.1. The molecule has 0 bridgehead atoms. The smallest absolute Gasteiger partial charge is 0.258 e. The molecule has 0 spiro atoms. The van der Waals surface area contributed by atoms with E-state index in [1.165, 1.54) is 29.4 Å². The summed E-state index contributed by atoms with van der Waals surface area (Å²) in [7, 11) is 0. The van der Waals surface area contributed by atoms with Crippen molar-refractivity contribution in [2.24, 2.45) is 0 Å². The Hall–Kier alpha value is -4.88. The van der Waals surface area contributed by atoms with Crippen molar-refractivity contribution in [2.75, 3.05) is 10.6 Å². The molecule has 6 rings (SSSR count). The number of fused-ring (bicyclic) bond motifs is 3. The van der Waals surface area contributed by atoms with E-state index in [-0.39, 0.29) is 11.5 Å². The van der Waals surface area contributed by atoms with E-state index < -0.39 is 17.0 Å². The third kappa shape index (κ3) is 5.51. The summed E-state index contributed by atoms with van der Waals surface area (Å²) < 4.78 is 16.3. The van der Waals surface area contributed by atoms with E-state index in [0.29, 0.717) is 5.69 Å². The zero-order valence-electron chi connectivity index (χ0n) is 22.9. The molecule has 1 unspecified atom stereocenters. The van der Waals surface area contributed by atoms with Crippen LogP contribution in [0, 0.1) is 5.82 Å². The van der Waals surface area contributed by atoms with E-state index in [2.05, 4.69) is 40.3 Å². The van der Waals surface area contributed by atoms with Crippen LogP contribution < -0.4 is 10.6 Å². The lowest BCUT2D eigenvalue weighted by Crippen LogP contribution is -2.19. The minimum atomic E-state index is -0.575. The van der Waals surface area contributed by atoms with Gasteiger partial charge in [0.1, 0.15) is 11.1 Å². The van der Waals surface area contributed by atoms with Gasteiger partial charge in [-0.3, -0.25) is 9.59 Å². The fourth-order valence-corrected chi connectivity index (χ4v) is 6.20. The van der Waals surface area contributed by atoms with Gasteiger partial charge in [-0.15, -0.1) is 11.8 Å². The minimum absolute atomic E-state index is 0.0193. The Balaban J connectivity index is 1.23. The Morgan fingerprint density at radius 3 is 2.17 bits per heavy atom. The van der Waals surface area contributed by atoms with E-state index in [4.69, 9.17) is 0 Å². The van der Waals surface area contributed by atoms with Crippen molar-refractivity contribution in [1.82, 2.24) is 4.57 Å². The zero-order valence-corrected chi connectivity index (χ0v) is 23.7. The van der Waals surface area contributed by atoms with Crippen molar-refractivity contribution in [3.8, 4) is 0 Å². The molecule has 5 aromatic carbocycles. The Kier molecular flexibility index (Phi) is 7.75. The van der Waals surface area contributed by atoms with E-state index in [1.807, 2.05) is 66.7 Å². The minimum Gasteiger partial charge on any atom is -0.341 e. The number of para-hydroxylation sites is 1. The van der Waals surface area contributed by atoms with Crippen molar-refractivity contribution < 1.29 is 14.0 Å². The highest BCUT2D eigenvalue weighted by atomic mass is 32.2. The van der Waals surface area contributed by atoms with Gasteiger partial charge >= 0.3 is 0 Å². The fraction of sp³-hybridized carbons (Fsp3) is 0.0857. The predicted molar refractivity (Wildman–Crippen MR) is 170 cm³/mol. The number of halogens is 1. The van der Waals surface area contributed by atoms with Crippen LogP contribution in [0.1, 0.15) is 28.1 Å². The molecule has 0 aliphatic rings. The van der Waals surface area contributed by atoms with Crippen LogP contribution in [0.15, 0.2) is 126 Å². The van der Waals surface area contributed by atoms with Gasteiger partial charge in [0.05, 0.1) is 5.56 Å². The number of aromatic nitrogens is 1. The molecule has 0 saturated carbocycles. The molecule has 0 saturated heterocycles. The normalized spacial score (nSPS) is 11.9. The lowest BCUT2D eigenvalue weighted by atomic mass is 10.1. The number of carbonyl (C=O) groups excluding carboxylic acids is 2. The maximum atomic E-state index is 14.0. The number of nitrogens with one attached hydrogen (secondary N) is 2. The summed E-state index contributed by atoms with van der Waals surface area (Å²) in [6.45, 7) is 2.99. The van der Waals surface area contributed by atoms with Crippen LogP contribution in [0.4, 0.5) is 15.8 Å². The molecular formula is C35H28FN3O2S. The maximum Gasteiger partial charge on any atom is 0.258 e. The highest BCUT2D eigenvalue weighted by Crippen LogP contribution is 2.37. The average Bonchev–Trinajstić information content (AvgIpc) is 3.34. The van der Waals surface area contributed by atoms with E-state index in [0.717, 1.165) is 39.0 Å². The molecule has 1 atom stereocenters. The molecule has 1 heterocycles. The Morgan fingerprint density at radius 2 is 1.40 bits per heavy atom. The summed E-state index contributed by atoms with van der Waals surface area (Å²) in [5.41, 5.74) is 4.43. The summed E-state index contributed by atoms with van der Waals surface area (Å²) in [5, 5.41) is 7.61. The molecule has 42 heavy (non-hydrogen) atoms. The van der Waals surface area contributed by atoms with Crippen molar-refractivity contribution in [1.29, 1.82) is 0 Å². The number of carbonyl (C=O) groups is 2. The summed E-state index contributed by atoms with van der Waals surface area (Å²) >= 11 is 1.42. The number of nitrogens with zero attached hydrogens (tertiary/aromatic N) is 1. The highest BCUT2D eigenvalue weighted by molar-refractivity contribution is 8.00. The number of rotatable bonds is 8. The quantitative estimate of drug-likeness (QED) is 0.179. The molecule has 7 heteroatoms. The summed E-state index contributed by atoms with van der Waals surface area (Å²) in [6.07, 6.45) is 0. The monoisotopic (exact) mass is 573 g/mol. The van der Waals surface area contributed by atoms with Gasteiger partial charge in [0, 0.05) is 44.6 Å². The Morgan fingerprint density at radius 1 is 0.738 bits per heavy atom. The van der Waals surface area contributed by atoms with Gasteiger partial charge in [-0.25, -0.2) is 4.39 Å². The SMILES string of the molecule is CCn1c2ccccc2c2cc(NC(=O)C(Sc3ccc(NC(=O)c4ccccc4F)cc3)c3ccccc3)ccc21. The third-order valence-corrected chi connectivity index (χ3v) is 8.45. The molecule has 0 radical (unpaired) electrons. The highest BCUT2D eigenvalue weighted by Gasteiger charge is 2.23. The second-order valence-corrected chi connectivity index (χ2v) is 11.0. The van der Waals surface area contributed by atoms with E-state index >= 15 is 0 Å². The number of amides is 2. The van der Waals surface area contributed by atoms with Crippen molar-refractivity contribution >= 4 is 56.8 Å². The van der Waals surface area contributed by atoms with Crippen LogP contribution in [-0.2, 0) is 11.3 Å². The van der Waals surface area contributed by atoms with E-state index in [9.17, 15) is 14.0 Å². The van der Waals surface area contributed by atoms with Gasteiger partial charge in [0.25, 0.3) is 5.91 Å². The van der Waals surface area contributed by atoms with Crippen LogP contribution in [0.2, 0.25) is 0 Å². The molecule has 208 valence electrons. The van der Waals surface area contributed by atoms with Crippen LogP contribution >= 0.6 is 11.8 Å². The van der Waals surface area contributed by atoms with Crippen molar-refractivity contribution in [3.05, 3.63) is 138 Å². The molecule has 0 aliphatic carbocycles. The van der Waals surface area contributed by atoms with Gasteiger partial charge in [-0.1, -0.05) is 60.7 Å². The topological polar surface area (TPSA) is 63.1 Å². The van der Waals surface area contributed by atoms with Gasteiger partial charge in [-0.2, -0.15) is 0 Å². The molecule has 5 nitrogen and oxygen atoms in total. The van der Waals surface area contributed by atoms with E-state index in [1.54, 1.807) is 24.3 Å². The fourth-order valence-electron chi connectivity index (χ4n) is 5.18. The number of benzene rings is 5. The number of thioether (sulfide) groups is 1. The van der Waals surface area contributed by atoms with Crippen molar-refractivity contribution in [3.63, 3.8) is 0 Å². The van der Waals surface area contributed by atoms with Crippen molar-refractivity contribution in [2.45, 2.75) is 23.6 Å². The molecular weight excluding hydrogens is 545 g/mol. The largest absolute Gasteiger partial charge is 0.341 e. The van der Waals surface area contributed by atoms with Gasteiger partial charge in [-0.05, 0) is 73.2 Å². The predicted octanol–water partition coefficient (Wildman–Crippen LogP) is 8.68. The summed E-state index contributed by atoms with van der Waals surface area (Å²) in [4.78, 5) is 27.1. The molecule has 6 aromatic rings. The summed E-state index contributed by atoms with van der Waals surface area (Å²) in [5.74, 6) is -1.23. The Bertz CT molecular complexity index is 1900. The lowest BCUT2D eigenvalue weighted by Gasteiger charge is -2.18. The van der Waals surface area contributed by atoms with Crippen LogP contribution in [0.5, 0.6) is 0 Å². The van der Waals surface area contributed by atoms with Crippen LogP contribution in [0.3, 0.4) is 0 Å². The first-order valence-electron chi connectivity index (χ1n) is 13.7. The number of anilines is 2. The summed E-state index contributed by atoms with van der Waals surface area (Å²) in [6, 6.07) is 37.1. The third-order valence-electron chi connectivity index (χ3n) is 7.18. The first-order valence-corrected chi connectivity index (χ1v) is 14.6. The first-order chi connectivity index (χ1) is 20.5. The van der Waals surface area contributed by atoms with Gasteiger partial charge < -0.3 is 15.2 Å². The molecule has 1 aromatic heterocycles. The molecule has 0 aliphatic heterocycles. The standard InChI is InChI=1S/C35H28FN3O2S/c1-2-39-31-15-9-7-12-27(31)29-22-25(18-21-32(29)39)38-35(41)33(23-10-4-3-5-11-23)42-26-19-16-24(17-20-26)37-34(40)28-13-6-8-14-30(28)36/h3-22,33H,2H2,1H3,(H,37,40)(H,38,41). The van der Waals surface area contributed by atoms with Gasteiger partial charge in [0.2, 0.25) is 5.91 Å². The van der Waals surface area contributed by atoms with Crippen LogP contribution in [0.25, 0.3) is 21.8 Å². The lowest BCUT2D eigenvalue weighted by molar-refractivity contribution is -0.115. The molecule has 2 N–H and O–H groups in total. The molecule has 2 amide bonds. The first kappa shape index (κ1) is 27.3. The number of aryl methyl sites for hydroxylation is 1. The second-order valence-electron chi connectivity index (χ2n) is 9.85. The second kappa shape index (κ2) is 11.9.